The van der Waals surface area contributed by atoms with Gasteiger partial charge in [-0.05, 0) is 51.9 Å². The molecule has 1 heteroatoms. The summed E-state index contributed by atoms with van der Waals surface area (Å²) in [4.78, 5) is 2.82. The Labute approximate surface area is 88.9 Å². The fraction of sp³-hybridized carbons (Fsp3) is 1.00. The number of nitrogens with zero attached hydrogens (tertiary/aromatic N) is 1. The van der Waals surface area contributed by atoms with E-state index >= 15 is 0 Å². The molecule has 2 unspecified atom stereocenters. The van der Waals surface area contributed by atoms with Crippen molar-refractivity contribution in [1.29, 1.82) is 0 Å². The number of hydrogen-bond donors (Lipinski definition) is 0. The number of rotatable bonds is 3. The molecule has 0 spiro atoms. The van der Waals surface area contributed by atoms with E-state index in [1.165, 1.54) is 38.5 Å². The van der Waals surface area contributed by atoms with Gasteiger partial charge in [-0.2, -0.15) is 0 Å². The molecule has 0 bridgehead atoms. The van der Waals surface area contributed by atoms with Gasteiger partial charge in [-0.25, -0.2) is 0 Å². The lowest BCUT2D eigenvalue weighted by Crippen LogP contribution is -2.46. The van der Waals surface area contributed by atoms with Crippen LogP contribution in [0.15, 0.2) is 0 Å². The molecule has 2 aliphatic rings. The maximum Gasteiger partial charge on any atom is 0.0130 e. The SMILES string of the molecule is CCC1CCC(C2CCC2)N1C(C)C. The molecule has 14 heavy (non-hydrogen) atoms. The van der Waals surface area contributed by atoms with Gasteiger partial charge in [0.05, 0.1) is 0 Å². The largest absolute Gasteiger partial charge is 0.295 e. The van der Waals surface area contributed by atoms with Gasteiger partial charge in [0.1, 0.15) is 0 Å². The zero-order valence-corrected chi connectivity index (χ0v) is 10.00. The highest BCUT2D eigenvalue weighted by atomic mass is 15.2. The lowest BCUT2D eigenvalue weighted by molar-refractivity contribution is 0.0745. The Bertz CT molecular complexity index is 184. The van der Waals surface area contributed by atoms with E-state index < -0.39 is 0 Å². The second kappa shape index (κ2) is 4.22. The molecule has 0 aromatic rings. The highest BCUT2D eigenvalue weighted by Crippen LogP contribution is 2.40. The molecule has 0 aromatic carbocycles. The molecule has 1 aliphatic carbocycles. The van der Waals surface area contributed by atoms with Gasteiger partial charge in [0, 0.05) is 18.1 Å². The van der Waals surface area contributed by atoms with Crippen molar-refractivity contribution in [2.24, 2.45) is 5.92 Å². The lowest BCUT2D eigenvalue weighted by Gasteiger charge is -2.41. The lowest BCUT2D eigenvalue weighted by atomic mass is 9.78. The van der Waals surface area contributed by atoms with Crippen molar-refractivity contribution >= 4 is 0 Å². The van der Waals surface area contributed by atoms with Crippen LogP contribution in [0.4, 0.5) is 0 Å². The van der Waals surface area contributed by atoms with Crippen LogP contribution in [0.1, 0.15) is 59.3 Å². The van der Waals surface area contributed by atoms with Crippen molar-refractivity contribution in [3.05, 3.63) is 0 Å². The molecule has 1 heterocycles. The first-order valence-electron chi connectivity index (χ1n) is 6.51. The minimum absolute atomic E-state index is 0.757. The Morgan fingerprint density at radius 2 is 1.86 bits per heavy atom. The van der Waals surface area contributed by atoms with Crippen LogP contribution in [0.5, 0.6) is 0 Å². The summed E-state index contributed by atoms with van der Waals surface area (Å²) in [6.45, 7) is 7.10. The molecule has 2 rings (SSSR count). The summed E-state index contributed by atoms with van der Waals surface area (Å²) in [5.74, 6) is 1.05. The van der Waals surface area contributed by atoms with E-state index in [0.717, 1.165) is 24.0 Å². The highest BCUT2D eigenvalue weighted by molar-refractivity contribution is 4.94. The monoisotopic (exact) mass is 195 g/mol. The molecule has 2 fully saturated rings. The minimum atomic E-state index is 0.757. The summed E-state index contributed by atoms with van der Waals surface area (Å²) >= 11 is 0. The highest BCUT2D eigenvalue weighted by Gasteiger charge is 2.40. The van der Waals surface area contributed by atoms with Gasteiger partial charge in [-0.3, -0.25) is 4.90 Å². The average Bonchev–Trinajstić information content (AvgIpc) is 2.44. The van der Waals surface area contributed by atoms with Gasteiger partial charge < -0.3 is 0 Å². The Kier molecular flexibility index (Phi) is 3.16. The third-order valence-corrected chi connectivity index (χ3v) is 4.36. The van der Waals surface area contributed by atoms with Crippen LogP contribution in [-0.4, -0.2) is 23.0 Å². The fourth-order valence-corrected chi connectivity index (χ4v) is 3.46. The van der Waals surface area contributed by atoms with E-state index in [2.05, 4.69) is 25.7 Å². The van der Waals surface area contributed by atoms with Gasteiger partial charge in [0.15, 0.2) is 0 Å². The molecular weight excluding hydrogens is 170 g/mol. The molecule has 2 atom stereocenters. The first-order valence-corrected chi connectivity index (χ1v) is 6.51. The second-order valence-corrected chi connectivity index (χ2v) is 5.44. The van der Waals surface area contributed by atoms with Gasteiger partial charge in [0.25, 0.3) is 0 Å². The summed E-state index contributed by atoms with van der Waals surface area (Å²) in [7, 11) is 0. The van der Waals surface area contributed by atoms with Crippen molar-refractivity contribution in [3.8, 4) is 0 Å². The molecule has 1 aliphatic heterocycles. The molecule has 0 amide bonds. The quantitative estimate of drug-likeness (QED) is 0.667. The Hall–Kier alpha value is -0.0400. The molecule has 1 nitrogen and oxygen atoms in total. The van der Waals surface area contributed by atoms with E-state index in [-0.39, 0.29) is 0 Å². The van der Waals surface area contributed by atoms with Gasteiger partial charge in [-0.1, -0.05) is 13.3 Å². The van der Waals surface area contributed by atoms with E-state index in [1.54, 1.807) is 0 Å². The van der Waals surface area contributed by atoms with E-state index in [0.29, 0.717) is 0 Å². The zero-order valence-electron chi connectivity index (χ0n) is 10.00. The standard InChI is InChI=1S/C13H25N/c1-4-12-8-9-13(11-6-5-7-11)14(12)10(2)3/h10-13H,4-9H2,1-3H3. The molecule has 0 aromatic heterocycles. The Morgan fingerprint density at radius 3 is 2.29 bits per heavy atom. The predicted molar refractivity (Wildman–Crippen MR) is 61.4 cm³/mol. The molecule has 1 saturated carbocycles. The first kappa shape index (κ1) is 10.5. The zero-order chi connectivity index (χ0) is 10.1. The summed E-state index contributed by atoms with van der Waals surface area (Å²) in [6, 6.07) is 2.59. The van der Waals surface area contributed by atoms with Gasteiger partial charge in [-0.15, -0.1) is 0 Å². The first-order chi connectivity index (χ1) is 6.74. The van der Waals surface area contributed by atoms with Crippen molar-refractivity contribution in [2.75, 3.05) is 0 Å². The van der Waals surface area contributed by atoms with E-state index in [9.17, 15) is 0 Å². The minimum Gasteiger partial charge on any atom is -0.295 e. The molecule has 1 saturated heterocycles. The van der Waals surface area contributed by atoms with Crippen LogP contribution in [0.2, 0.25) is 0 Å². The van der Waals surface area contributed by atoms with Crippen LogP contribution in [0, 0.1) is 5.92 Å². The van der Waals surface area contributed by atoms with Crippen molar-refractivity contribution in [2.45, 2.75) is 77.4 Å². The van der Waals surface area contributed by atoms with Crippen molar-refractivity contribution in [1.82, 2.24) is 4.90 Å². The average molecular weight is 195 g/mol. The third kappa shape index (κ3) is 1.71. The maximum atomic E-state index is 2.82. The van der Waals surface area contributed by atoms with E-state index in [4.69, 9.17) is 0 Å². The predicted octanol–water partition coefficient (Wildman–Crippen LogP) is 3.44. The van der Waals surface area contributed by atoms with Crippen molar-refractivity contribution < 1.29 is 0 Å². The second-order valence-electron chi connectivity index (χ2n) is 5.44. The molecule has 0 N–H and O–H groups in total. The Morgan fingerprint density at radius 1 is 1.14 bits per heavy atom. The molecule has 0 radical (unpaired) electrons. The van der Waals surface area contributed by atoms with Crippen LogP contribution >= 0.6 is 0 Å². The summed E-state index contributed by atoms with van der Waals surface area (Å²) < 4.78 is 0. The maximum absolute atomic E-state index is 2.82. The smallest absolute Gasteiger partial charge is 0.0130 e. The van der Waals surface area contributed by atoms with Crippen LogP contribution in [0.3, 0.4) is 0 Å². The normalized spacial score (nSPS) is 35.1. The van der Waals surface area contributed by atoms with Gasteiger partial charge in [0.2, 0.25) is 0 Å². The topological polar surface area (TPSA) is 3.24 Å². The van der Waals surface area contributed by atoms with Crippen LogP contribution in [0.25, 0.3) is 0 Å². The van der Waals surface area contributed by atoms with Gasteiger partial charge >= 0.3 is 0 Å². The van der Waals surface area contributed by atoms with E-state index in [1.807, 2.05) is 0 Å². The van der Waals surface area contributed by atoms with Crippen LogP contribution in [-0.2, 0) is 0 Å². The Balaban J connectivity index is 2.01. The third-order valence-electron chi connectivity index (χ3n) is 4.36. The number of hydrogen-bond acceptors (Lipinski definition) is 1. The van der Waals surface area contributed by atoms with Crippen molar-refractivity contribution in [3.63, 3.8) is 0 Å². The fourth-order valence-electron chi connectivity index (χ4n) is 3.46. The van der Waals surface area contributed by atoms with Crippen LogP contribution < -0.4 is 0 Å². The number of likely N-dealkylation sites (tertiary alicyclic amines) is 1. The molecule has 82 valence electrons. The summed E-state index contributed by atoms with van der Waals surface area (Å²) in [6.07, 6.45) is 8.77. The molecular formula is C13H25N. The summed E-state index contributed by atoms with van der Waals surface area (Å²) in [5.41, 5.74) is 0. The summed E-state index contributed by atoms with van der Waals surface area (Å²) in [5, 5.41) is 0.